The van der Waals surface area contributed by atoms with E-state index in [9.17, 15) is 4.79 Å². The lowest BCUT2D eigenvalue weighted by Gasteiger charge is -2.38. The first-order valence-electron chi connectivity index (χ1n) is 4.29. The maximum absolute atomic E-state index is 10.9. The van der Waals surface area contributed by atoms with E-state index in [-0.39, 0.29) is 5.37 Å². The number of carbonyl (C=O) groups is 1. The third-order valence-corrected chi connectivity index (χ3v) is 2.60. The van der Waals surface area contributed by atoms with Gasteiger partial charge in [-0.1, -0.05) is 6.92 Å². The van der Waals surface area contributed by atoms with Crippen molar-refractivity contribution in [2.45, 2.75) is 19.4 Å². The van der Waals surface area contributed by atoms with Gasteiger partial charge in [0.05, 0.1) is 0 Å². The Hall–Kier alpha value is -0.280. The molecule has 0 aliphatic carbocycles. The lowest BCUT2D eigenvalue weighted by Crippen LogP contribution is -2.52. The number of piperazine rings is 1. The summed E-state index contributed by atoms with van der Waals surface area (Å²) in [4.78, 5) is 14.9. The van der Waals surface area contributed by atoms with Crippen molar-refractivity contribution in [3.05, 3.63) is 0 Å². The van der Waals surface area contributed by atoms with Crippen LogP contribution in [0.15, 0.2) is 0 Å². The highest BCUT2D eigenvalue weighted by Crippen LogP contribution is 2.13. The third-order valence-electron chi connectivity index (χ3n) is 2.38. The van der Waals surface area contributed by atoms with Crippen molar-refractivity contribution in [2.75, 3.05) is 26.7 Å². The fourth-order valence-corrected chi connectivity index (χ4v) is 1.81. The van der Waals surface area contributed by atoms with E-state index < -0.39 is 0 Å². The van der Waals surface area contributed by atoms with Gasteiger partial charge in [0.15, 0.2) is 0 Å². The fourth-order valence-electron chi connectivity index (χ4n) is 1.59. The molecule has 0 aromatic heterocycles. The predicted octanol–water partition coefficient (Wildman–Crippen LogP) is 1.37. The predicted molar refractivity (Wildman–Crippen MR) is 49.5 cm³/mol. The van der Waals surface area contributed by atoms with Crippen LogP contribution in [0.2, 0.25) is 0 Å². The molecule has 1 fully saturated rings. The number of halogens is 1. The summed E-state index contributed by atoms with van der Waals surface area (Å²) in [5, 5.41) is -0.310. The van der Waals surface area contributed by atoms with Crippen LogP contribution in [0.3, 0.4) is 0 Å². The number of carbonyl (C=O) groups excluding carboxylic acids is 1. The molecule has 1 unspecified atom stereocenters. The maximum Gasteiger partial charge on any atom is 0.316 e. The SMILES string of the molecule is CCC1CN(C)CCN1C(=O)Cl. The molecule has 1 heterocycles. The molecule has 12 heavy (non-hydrogen) atoms. The highest BCUT2D eigenvalue weighted by molar-refractivity contribution is 6.62. The van der Waals surface area contributed by atoms with Gasteiger partial charge in [-0.15, -0.1) is 0 Å². The summed E-state index contributed by atoms with van der Waals surface area (Å²) in [5.41, 5.74) is 0. The van der Waals surface area contributed by atoms with E-state index in [0.717, 1.165) is 26.1 Å². The van der Waals surface area contributed by atoms with E-state index >= 15 is 0 Å². The Morgan fingerprint density at radius 1 is 1.58 bits per heavy atom. The summed E-state index contributed by atoms with van der Waals surface area (Å²) in [6.07, 6.45) is 0.975. The van der Waals surface area contributed by atoms with Crippen molar-refractivity contribution in [1.82, 2.24) is 9.80 Å². The Labute approximate surface area is 78.3 Å². The van der Waals surface area contributed by atoms with Crippen LogP contribution in [0.5, 0.6) is 0 Å². The number of hydrogen-bond acceptors (Lipinski definition) is 2. The first-order chi connectivity index (χ1) is 5.65. The monoisotopic (exact) mass is 190 g/mol. The second-order valence-corrected chi connectivity index (χ2v) is 3.59. The molecule has 1 rings (SSSR count). The van der Waals surface area contributed by atoms with Crippen molar-refractivity contribution in [3.63, 3.8) is 0 Å². The van der Waals surface area contributed by atoms with Gasteiger partial charge in [-0.25, -0.2) is 0 Å². The first kappa shape index (κ1) is 9.81. The largest absolute Gasteiger partial charge is 0.324 e. The Kier molecular flexibility index (Phi) is 3.35. The second-order valence-electron chi connectivity index (χ2n) is 3.27. The maximum atomic E-state index is 10.9. The smallest absolute Gasteiger partial charge is 0.316 e. The minimum atomic E-state index is -0.310. The highest BCUT2D eigenvalue weighted by atomic mass is 35.5. The van der Waals surface area contributed by atoms with Crippen LogP contribution in [0.4, 0.5) is 4.79 Å². The van der Waals surface area contributed by atoms with E-state index in [4.69, 9.17) is 11.6 Å². The summed E-state index contributed by atoms with van der Waals surface area (Å²) in [6.45, 7) is 4.71. The molecule has 0 aromatic carbocycles. The van der Waals surface area contributed by atoms with Gasteiger partial charge < -0.3 is 9.80 Å². The molecular formula is C8H15ClN2O. The topological polar surface area (TPSA) is 23.6 Å². The summed E-state index contributed by atoms with van der Waals surface area (Å²) in [5.74, 6) is 0. The zero-order chi connectivity index (χ0) is 9.14. The van der Waals surface area contributed by atoms with Gasteiger partial charge in [0.2, 0.25) is 0 Å². The van der Waals surface area contributed by atoms with Crippen LogP contribution in [0, 0.1) is 0 Å². The Morgan fingerprint density at radius 2 is 2.25 bits per heavy atom. The molecule has 1 saturated heterocycles. The summed E-state index contributed by atoms with van der Waals surface area (Å²) in [7, 11) is 2.07. The van der Waals surface area contributed by atoms with Crippen LogP contribution < -0.4 is 0 Å². The Bertz CT molecular complexity index is 174. The third kappa shape index (κ3) is 2.11. The van der Waals surface area contributed by atoms with Crippen LogP contribution in [0.1, 0.15) is 13.3 Å². The van der Waals surface area contributed by atoms with Crippen LogP contribution >= 0.6 is 11.6 Å². The van der Waals surface area contributed by atoms with Gasteiger partial charge in [0.25, 0.3) is 0 Å². The van der Waals surface area contributed by atoms with Gasteiger partial charge in [-0.05, 0) is 25.1 Å². The molecule has 1 aliphatic heterocycles. The normalized spacial score (nSPS) is 25.9. The van der Waals surface area contributed by atoms with E-state index in [2.05, 4.69) is 18.9 Å². The Balaban J connectivity index is 2.56. The first-order valence-corrected chi connectivity index (χ1v) is 4.67. The van der Waals surface area contributed by atoms with Crippen LogP contribution in [-0.2, 0) is 0 Å². The molecule has 70 valence electrons. The minimum Gasteiger partial charge on any atom is -0.324 e. The molecule has 1 amide bonds. The van der Waals surface area contributed by atoms with Gasteiger partial charge in [-0.3, -0.25) is 4.79 Å². The summed E-state index contributed by atoms with van der Waals surface area (Å²) in [6, 6.07) is 0.300. The minimum absolute atomic E-state index is 0.300. The summed E-state index contributed by atoms with van der Waals surface area (Å²) >= 11 is 5.45. The standard InChI is InChI=1S/C8H15ClN2O/c1-3-7-6-10(2)4-5-11(7)8(9)12/h7H,3-6H2,1-2H3. The second kappa shape index (κ2) is 4.10. The lowest BCUT2D eigenvalue weighted by molar-refractivity contribution is 0.120. The van der Waals surface area contributed by atoms with Gasteiger partial charge in [0, 0.05) is 25.7 Å². The van der Waals surface area contributed by atoms with E-state index in [1.54, 1.807) is 4.90 Å². The van der Waals surface area contributed by atoms with Crippen LogP contribution in [-0.4, -0.2) is 47.9 Å². The van der Waals surface area contributed by atoms with Gasteiger partial charge in [-0.2, -0.15) is 0 Å². The molecule has 0 radical (unpaired) electrons. The lowest BCUT2D eigenvalue weighted by atomic mass is 10.1. The van der Waals surface area contributed by atoms with Gasteiger partial charge in [0.1, 0.15) is 0 Å². The van der Waals surface area contributed by atoms with E-state index in [0.29, 0.717) is 6.04 Å². The van der Waals surface area contributed by atoms with Crippen molar-refractivity contribution >= 4 is 17.0 Å². The molecule has 0 saturated carbocycles. The average molecular weight is 191 g/mol. The number of nitrogens with zero attached hydrogens (tertiary/aromatic N) is 2. The van der Waals surface area contributed by atoms with Crippen molar-refractivity contribution < 1.29 is 4.79 Å². The Morgan fingerprint density at radius 3 is 2.75 bits per heavy atom. The number of likely N-dealkylation sites (N-methyl/N-ethyl adjacent to an activating group) is 1. The van der Waals surface area contributed by atoms with Crippen LogP contribution in [0.25, 0.3) is 0 Å². The van der Waals surface area contributed by atoms with Crippen molar-refractivity contribution in [2.24, 2.45) is 0 Å². The molecule has 0 bridgehead atoms. The van der Waals surface area contributed by atoms with Crippen molar-refractivity contribution in [3.8, 4) is 0 Å². The number of hydrogen-bond donors (Lipinski definition) is 0. The van der Waals surface area contributed by atoms with E-state index in [1.165, 1.54) is 0 Å². The molecule has 3 nitrogen and oxygen atoms in total. The summed E-state index contributed by atoms with van der Waals surface area (Å²) < 4.78 is 0. The zero-order valence-corrected chi connectivity index (χ0v) is 8.34. The average Bonchev–Trinajstić information content (AvgIpc) is 2.03. The number of rotatable bonds is 1. The quantitative estimate of drug-likeness (QED) is 0.461. The number of amides is 1. The molecule has 1 aliphatic rings. The highest BCUT2D eigenvalue weighted by Gasteiger charge is 2.26. The molecule has 4 heteroatoms. The fraction of sp³-hybridized carbons (Fsp3) is 0.875. The molecule has 1 atom stereocenters. The van der Waals surface area contributed by atoms with Crippen molar-refractivity contribution in [1.29, 1.82) is 0 Å². The molecule has 0 N–H and O–H groups in total. The molecular weight excluding hydrogens is 176 g/mol. The van der Waals surface area contributed by atoms with Gasteiger partial charge >= 0.3 is 5.37 Å². The zero-order valence-electron chi connectivity index (χ0n) is 7.59. The van der Waals surface area contributed by atoms with E-state index in [1.807, 2.05) is 0 Å². The molecule has 0 aromatic rings. The molecule has 0 spiro atoms.